The highest BCUT2D eigenvalue weighted by Gasteiger charge is 2.37. The lowest BCUT2D eigenvalue weighted by Gasteiger charge is -2.21. The summed E-state index contributed by atoms with van der Waals surface area (Å²) in [4.78, 5) is 12.3. The van der Waals surface area contributed by atoms with Crippen LogP contribution in [0.15, 0.2) is 18.2 Å². The molecule has 0 aliphatic carbocycles. The van der Waals surface area contributed by atoms with E-state index in [4.69, 9.17) is 18.0 Å². The summed E-state index contributed by atoms with van der Waals surface area (Å²) in [5.41, 5.74) is 6.05. The number of thioether (sulfide) groups is 1. The molecule has 0 radical (unpaired) electrons. The van der Waals surface area contributed by atoms with E-state index >= 15 is 0 Å². The molecule has 19 heavy (non-hydrogen) atoms. The smallest absolute Gasteiger partial charge is 0.240 e. The molecule has 1 aliphatic rings. The van der Waals surface area contributed by atoms with Crippen molar-refractivity contribution in [3.63, 3.8) is 0 Å². The zero-order valence-corrected chi connectivity index (χ0v) is 12.2. The van der Waals surface area contributed by atoms with E-state index in [1.807, 2.05) is 6.92 Å². The highest BCUT2D eigenvalue weighted by Crippen LogP contribution is 2.38. The Labute approximate surface area is 121 Å². The molecule has 0 bridgehead atoms. The van der Waals surface area contributed by atoms with Crippen LogP contribution in [0.1, 0.15) is 25.3 Å². The molecular weight excluding hydrogens is 283 g/mol. The number of carbonyl (C=O) groups is 1. The van der Waals surface area contributed by atoms with Gasteiger partial charge in [0.05, 0.1) is 10.4 Å². The van der Waals surface area contributed by atoms with E-state index in [-0.39, 0.29) is 16.6 Å². The predicted molar refractivity (Wildman–Crippen MR) is 81.0 cm³/mol. The molecule has 1 unspecified atom stereocenters. The van der Waals surface area contributed by atoms with Crippen LogP contribution in [0.4, 0.5) is 10.1 Å². The average Bonchev–Trinajstić information content (AvgIpc) is 2.80. The van der Waals surface area contributed by atoms with E-state index in [9.17, 15) is 9.18 Å². The second-order valence-electron chi connectivity index (χ2n) is 4.70. The fourth-order valence-electron chi connectivity index (χ4n) is 1.98. The number of nitrogens with one attached hydrogen (secondary N) is 1. The SMILES string of the molecule is CC1(C(=O)Nc2ccc(C(N)=S)cc2F)CCCS1. The van der Waals surface area contributed by atoms with Crippen LogP contribution in [0.3, 0.4) is 0 Å². The number of amides is 1. The van der Waals surface area contributed by atoms with Crippen molar-refractivity contribution in [1.29, 1.82) is 0 Å². The second kappa shape index (κ2) is 5.46. The third-order valence-electron chi connectivity index (χ3n) is 3.20. The van der Waals surface area contributed by atoms with Crippen LogP contribution in [0.5, 0.6) is 0 Å². The van der Waals surface area contributed by atoms with Gasteiger partial charge in [-0.05, 0) is 43.7 Å². The Morgan fingerprint density at radius 2 is 2.32 bits per heavy atom. The Kier molecular flexibility index (Phi) is 4.10. The van der Waals surface area contributed by atoms with E-state index in [2.05, 4.69) is 5.32 Å². The zero-order chi connectivity index (χ0) is 14.0. The normalized spacial score (nSPS) is 22.2. The number of thiocarbonyl (C=S) groups is 1. The Morgan fingerprint density at radius 3 is 2.84 bits per heavy atom. The summed E-state index contributed by atoms with van der Waals surface area (Å²) in [6.45, 7) is 1.89. The maximum atomic E-state index is 13.8. The molecular formula is C13H15FN2OS2. The van der Waals surface area contributed by atoms with Crippen molar-refractivity contribution in [3.05, 3.63) is 29.6 Å². The van der Waals surface area contributed by atoms with E-state index in [0.29, 0.717) is 5.56 Å². The van der Waals surface area contributed by atoms with Gasteiger partial charge in [0.1, 0.15) is 10.8 Å². The minimum absolute atomic E-state index is 0.134. The molecule has 2 rings (SSSR count). The summed E-state index contributed by atoms with van der Waals surface area (Å²) in [5, 5.41) is 2.64. The van der Waals surface area contributed by atoms with Crippen molar-refractivity contribution >= 4 is 40.6 Å². The Bertz CT molecular complexity index is 527. The first-order chi connectivity index (χ1) is 8.92. The predicted octanol–water partition coefficient (Wildman–Crippen LogP) is 2.68. The lowest BCUT2D eigenvalue weighted by molar-refractivity contribution is -0.118. The number of hydrogen-bond donors (Lipinski definition) is 2. The van der Waals surface area contributed by atoms with Crippen LogP contribution in [0.25, 0.3) is 0 Å². The van der Waals surface area contributed by atoms with Gasteiger partial charge in [-0.25, -0.2) is 4.39 Å². The van der Waals surface area contributed by atoms with Gasteiger partial charge in [0.25, 0.3) is 0 Å². The molecule has 1 fully saturated rings. The summed E-state index contributed by atoms with van der Waals surface area (Å²) >= 11 is 6.39. The van der Waals surface area contributed by atoms with Crippen LogP contribution in [-0.4, -0.2) is 21.4 Å². The maximum absolute atomic E-state index is 13.8. The molecule has 3 N–H and O–H groups in total. The molecule has 0 aromatic heterocycles. The van der Waals surface area contributed by atoms with Crippen LogP contribution in [0, 0.1) is 5.82 Å². The number of rotatable bonds is 3. The minimum Gasteiger partial charge on any atom is -0.389 e. The van der Waals surface area contributed by atoms with Crippen LogP contribution >= 0.6 is 24.0 Å². The van der Waals surface area contributed by atoms with Crippen LogP contribution in [-0.2, 0) is 4.79 Å². The van der Waals surface area contributed by atoms with E-state index in [1.54, 1.807) is 17.8 Å². The lowest BCUT2D eigenvalue weighted by atomic mass is 10.0. The molecule has 1 aromatic rings. The summed E-state index contributed by atoms with van der Waals surface area (Å²) in [7, 11) is 0. The number of carbonyl (C=O) groups excluding carboxylic acids is 1. The van der Waals surface area contributed by atoms with Crippen molar-refractivity contribution in [2.45, 2.75) is 24.5 Å². The van der Waals surface area contributed by atoms with Gasteiger partial charge in [0.2, 0.25) is 5.91 Å². The van der Waals surface area contributed by atoms with Gasteiger partial charge in [0, 0.05) is 5.56 Å². The van der Waals surface area contributed by atoms with Gasteiger partial charge in [-0.3, -0.25) is 4.79 Å². The largest absolute Gasteiger partial charge is 0.389 e. The number of hydrogen-bond acceptors (Lipinski definition) is 3. The molecule has 3 nitrogen and oxygen atoms in total. The van der Waals surface area contributed by atoms with Gasteiger partial charge in [-0.15, -0.1) is 11.8 Å². The van der Waals surface area contributed by atoms with Crippen LogP contribution in [0.2, 0.25) is 0 Å². The van der Waals surface area contributed by atoms with Gasteiger partial charge in [-0.1, -0.05) is 12.2 Å². The molecule has 1 aromatic carbocycles. The number of anilines is 1. The third-order valence-corrected chi connectivity index (χ3v) is 4.96. The molecule has 6 heteroatoms. The fourth-order valence-corrected chi connectivity index (χ4v) is 3.32. The van der Waals surface area contributed by atoms with E-state index in [0.717, 1.165) is 18.6 Å². The Balaban J connectivity index is 2.15. The quantitative estimate of drug-likeness (QED) is 0.843. The summed E-state index contributed by atoms with van der Waals surface area (Å²) in [6.07, 6.45) is 1.83. The summed E-state index contributed by atoms with van der Waals surface area (Å²) in [5.74, 6) is 0.287. The average molecular weight is 298 g/mol. The minimum atomic E-state index is -0.523. The zero-order valence-electron chi connectivity index (χ0n) is 10.5. The van der Waals surface area contributed by atoms with E-state index in [1.165, 1.54) is 12.1 Å². The topological polar surface area (TPSA) is 55.1 Å². The number of benzene rings is 1. The summed E-state index contributed by atoms with van der Waals surface area (Å²) in [6, 6.07) is 4.33. The fraction of sp³-hybridized carbons (Fsp3) is 0.385. The monoisotopic (exact) mass is 298 g/mol. The van der Waals surface area contributed by atoms with Crippen molar-refractivity contribution in [2.24, 2.45) is 5.73 Å². The molecule has 1 amide bonds. The van der Waals surface area contributed by atoms with Crippen molar-refractivity contribution < 1.29 is 9.18 Å². The van der Waals surface area contributed by atoms with Gasteiger partial charge < -0.3 is 11.1 Å². The van der Waals surface area contributed by atoms with Gasteiger partial charge in [-0.2, -0.15) is 0 Å². The van der Waals surface area contributed by atoms with Gasteiger partial charge in [0.15, 0.2) is 0 Å². The van der Waals surface area contributed by atoms with Crippen LogP contribution < -0.4 is 11.1 Å². The lowest BCUT2D eigenvalue weighted by Crippen LogP contribution is -2.35. The number of halogens is 1. The Morgan fingerprint density at radius 1 is 1.58 bits per heavy atom. The first-order valence-electron chi connectivity index (χ1n) is 5.97. The first-order valence-corrected chi connectivity index (χ1v) is 7.36. The number of nitrogens with two attached hydrogens (primary N) is 1. The summed E-state index contributed by atoms with van der Waals surface area (Å²) < 4.78 is 13.4. The molecule has 0 spiro atoms. The first kappa shape index (κ1) is 14.3. The molecule has 1 heterocycles. The molecule has 1 aliphatic heterocycles. The van der Waals surface area contributed by atoms with Gasteiger partial charge >= 0.3 is 0 Å². The maximum Gasteiger partial charge on any atom is 0.240 e. The standard InChI is InChI=1S/C13H15FN2OS2/c1-13(5-2-6-19-13)12(17)16-10-4-3-8(11(15)18)7-9(10)14/h3-4,7H,2,5-6H2,1H3,(H2,15,18)(H,16,17). The molecule has 1 saturated heterocycles. The molecule has 0 saturated carbocycles. The highest BCUT2D eigenvalue weighted by molar-refractivity contribution is 8.01. The van der Waals surface area contributed by atoms with Crippen molar-refractivity contribution in [1.82, 2.24) is 0 Å². The molecule has 1 atom stereocenters. The second-order valence-corrected chi connectivity index (χ2v) is 6.73. The Hall–Kier alpha value is -1.14. The third kappa shape index (κ3) is 3.06. The van der Waals surface area contributed by atoms with Crippen molar-refractivity contribution in [2.75, 3.05) is 11.1 Å². The highest BCUT2D eigenvalue weighted by atomic mass is 32.2. The van der Waals surface area contributed by atoms with Crippen molar-refractivity contribution in [3.8, 4) is 0 Å². The van der Waals surface area contributed by atoms with E-state index < -0.39 is 10.6 Å². The molecule has 102 valence electrons.